The fraction of sp³-hybridized carbons (Fsp3) is 0.294. The zero-order valence-electron chi connectivity index (χ0n) is 13.7. The lowest BCUT2D eigenvalue weighted by molar-refractivity contribution is 0.0941. The zero-order chi connectivity index (χ0) is 16.6. The summed E-state index contributed by atoms with van der Waals surface area (Å²) >= 11 is 0. The van der Waals surface area contributed by atoms with Crippen LogP contribution in [0.25, 0.3) is 11.0 Å². The van der Waals surface area contributed by atoms with Gasteiger partial charge in [0.2, 0.25) is 0 Å². The molecule has 3 aromatic rings. The minimum absolute atomic E-state index is 0.106. The molecule has 0 aliphatic carbocycles. The van der Waals surface area contributed by atoms with E-state index in [0.29, 0.717) is 5.56 Å². The molecule has 6 heteroatoms. The molecule has 0 bridgehead atoms. The molecule has 0 aliphatic heterocycles. The number of nitrogens with zero attached hydrogens (tertiary/aromatic N) is 4. The van der Waals surface area contributed by atoms with Crippen LogP contribution < -0.4 is 5.32 Å². The lowest BCUT2D eigenvalue weighted by Gasteiger charge is -2.15. The lowest BCUT2D eigenvalue weighted by Crippen LogP contribution is -2.27. The number of aromatic nitrogens is 4. The molecule has 0 spiro atoms. The van der Waals surface area contributed by atoms with Gasteiger partial charge in [-0.3, -0.25) is 14.5 Å². The highest BCUT2D eigenvalue weighted by Crippen LogP contribution is 2.22. The number of hydrogen-bond acceptors (Lipinski definition) is 4. The van der Waals surface area contributed by atoms with Crippen LogP contribution in [-0.4, -0.2) is 25.7 Å². The van der Waals surface area contributed by atoms with E-state index in [2.05, 4.69) is 20.4 Å². The van der Waals surface area contributed by atoms with Gasteiger partial charge < -0.3 is 5.32 Å². The Morgan fingerprint density at radius 1 is 1.26 bits per heavy atom. The third-order valence-corrected chi connectivity index (χ3v) is 3.90. The van der Waals surface area contributed by atoms with E-state index in [-0.39, 0.29) is 11.9 Å². The van der Waals surface area contributed by atoms with Crippen molar-refractivity contribution in [1.29, 1.82) is 0 Å². The summed E-state index contributed by atoms with van der Waals surface area (Å²) in [6.45, 7) is 5.72. The number of nitrogens with one attached hydrogen (secondary N) is 1. The van der Waals surface area contributed by atoms with Gasteiger partial charge in [-0.05, 0) is 44.5 Å². The molecular formula is C17H19N5O. The summed E-state index contributed by atoms with van der Waals surface area (Å²) in [6.07, 6.45) is 3.44. The number of fused-ring (bicyclic) bond motifs is 1. The first-order valence-corrected chi connectivity index (χ1v) is 7.49. The molecule has 0 unspecified atom stereocenters. The first-order valence-electron chi connectivity index (χ1n) is 7.49. The molecule has 6 nitrogen and oxygen atoms in total. The number of rotatable bonds is 3. The molecule has 3 aromatic heterocycles. The molecule has 3 heterocycles. The Balaban J connectivity index is 1.98. The highest BCUT2D eigenvalue weighted by atomic mass is 16.1. The van der Waals surface area contributed by atoms with Crippen molar-refractivity contribution in [1.82, 2.24) is 25.1 Å². The summed E-state index contributed by atoms with van der Waals surface area (Å²) in [5.41, 5.74) is 3.94. The van der Waals surface area contributed by atoms with Gasteiger partial charge in [0.25, 0.3) is 5.91 Å². The first kappa shape index (κ1) is 15.1. The van der Waals surface area contributed by atoms with Crippen molar-refractivity contribution in [2.24, 2.45) is 7.05 Å². The maximum absolute atomic E-state index is 12.8. The maximum atomic E-state index is 12.8. The van der Waals surface area contributed by atoms with Gasteiger partial charge in [-0.15, -0.1) is 0 Å². The van der Waals surface area contributed by atoms with Crippen LogP contribution in [0.2, 0.25) is 0 Å². The Labute approximate surface area is 134 Å². The van der Waals surface area contributed by atoms with E-state index < -0.39 is 0 Å². The zero-order valence-corrected chi connectivity index (χ0v) is 13.7. The molecule has 1 atom stereocenters. The van der Waals surface area contributed by atoms with Crippen molar-refractivity contribution < 1.29 is 4.79 Å². The molecule has 118 valence electrons. The topological polar surface area (TPSA) is 72.7 Å². The smallest absolute Gasteiger partial charge is 0.252 e. The average molecular weight is 309 g/mol. The van der Waals surface area contributed by atoms with Crippen LogP contribution in [0, 0.1) is 13.8 Å². The molecule has 0 radical (unpaired) electrons. The second-order valence-corrected chi connectivity index (χ2v) is 5.69. The molecule has 1 amide bonds. The largest absolute Gasteiger partial charge is 0.345 e. The van der Waals surface area contributed by atoms with Crippen molar-refractivity contribution in [3.8, 4) is 0 Å². The Kier molecular flexibility index (Phi) is 3.82. The van der Waals surface area contributed by atoms with Crippen molar-refractivity contribution >= 4 is 16.9 Å². The van der Waals surface area contributed by atoms with Crippen LogP contribution in [0.4, 0.5) is 0 Å². The van der Waals surface area contributed by atoms with E-state index in [9.17, 15) is 4.79 Å². The van der Waals surface area contributed by atoms with Crippen molar-refractivity contribution in [2.45, 2.75) is 26.8 Å². The van der Waals surface area contributed by atoms with Crippen molar-refractivity contribution in [2.75, 3.05) is 0 Å². The molecule has 0 aliphatic rings. The van der Waals surface area contributed by atoms with Gasteiger partial charge in [0.15, 0.2) is 5.65 Å². The normalized spacial score (nSPS) is 12.3. The first-order chi connectivity index (χ1) is 11.0. The van der Waals surface area contributed by atoms with Crippen molar-refractivity contribution in [3.05, 3.63) is 53.1 Å². The molecule has 0 saturated carbocycles. The summed E-state index contributed by atoms with van der Waals surface area (Å²) in [5.74, 6) is -0.124. The molecule has 3 rings (SSSR count). The number of hydrogen-bond donors (Lipinski definition) is 1. The molecule has 0 fully saturated rings. The number of pyridine rings is 2. The Morgan fingerprint density at radius 2 is 1.96 bits per heavy atom. The van der Waals surface area contributed by atoms with Gasteiger partial charge in [-0.1, -0.05) is 0 Å². The predicted molar refractivity (Wildman–Crippen MR) is 88.1 cm³/mol. The Morgan fingerprint density at radius 3 is 2.65 bits per heavy atom. The molecule has 0 aromatic carbocycles. The predicted octanol–water partition coefficient (Wildman–Crippen LogP) is 2.47. The summed E-state index contributed by atoms with van der Waals surface area (Å²) in [4.78, 5) is 21.3. The van der Waals surface area contributed by atoms with Crippen molar-refractivity contribution in [3.63, 3.8) is 0 Å². The van der Waals surface area contributed by atoms with E-state index in [1.807, 2.05) is 46.0 Å². The second kappa shape index (κ2) is 5.79. The standard InChI is InChI=1S/C17H19N5O/c1-10-9-14(15-12(3)21-22(4)16(15)19-10)17(23)20-11(2)13-5-7-18-8-6-13/h5-9,11H,1-4H3,(H,20,23)/t11-/m0/s1. The minimum atomic E-state index is -0.124. The maximum Gasteiger partial charge on any atom is 0.252 e. The van der Waals surface area contributed by atoms with Crippen LogP contribution in [0.1, 0.15) is 40.3 Å². The Hall–Kier alpha value is -2.76. The summed E-state index contributed by atoms with van der Waals surface area (Å²) in [7, 11) is 1.84. The highest BCUT2D eigenvalue weighted by Gasteiger charge is 2.19. The average Bonchev–Trinajstić information content (AvgIpc) is 2.81. The fourth-order valence-corrected chi connectivity index (χ4v) is 2.76. The second-order valence-electron chi connectivity index (χ2n) is 5.69. The number of aryl methyl sites for hydroxylation is 3. The van der Waals surface area contributed by atoms with Gasteiger partial charge >= 0.3 is 0 Å². The van der Waals surface area contributed by atoms with E-state index in [1.165, 1.54) is 0 Å². The van der Waals surface area contributed by atoms with E-state index in [0.717, 1.165) is 28.0 Å². The minimum Gasteiger partial charge on any atom is -0.345 e. The molecular weight excluding hydrogens is 290 g/mol. The van der Waals surface area contributed by atoms with E-state index in [4.69, 9.17) is 0 Å². The summed E-state index contributed by atoms with van der Waals surface area (Å²) in [5, 5.41) is 8.22. The van der Waals surface area contributed by atoms with Crippen LogP contribution in [0.5, 0.6) is 0 Å². The molecule has 1 N–H and O–H groups in total. The highest BCUT2D eigenvalue weighted by molar-refractivity contribution is 6.06. The van der Waals surface area contributed by atoms with Crippen LogP contribution in [0.3, 0.4) is 0 Å². The summed E-state index contributed by atoms with van der Waals surface area (Å²) in [6, 6.07) is 5.50. The van der Waals surface area contributed by atoms with Gasteiger partial charge in [0, 0.05) is 25.1 Å². The molecule has 23 heavy (non-hydrogen) atoms. The van der Waals surface area contributed by atoms with Gasteiger partial charge in [-0.25, -0.2) is 4.98 Å². The Bertz CT molecular complexity index is 870. The van der Waals surface area contributed by atoms with Gasteiger partial charge in [-0.2, -0.15) is 5.10 Å². The molecule has 0 saturated heterocycles. The van der Waals surface area contributed by atoms with Crippen LogP contribution in [-0.2, 0) is 7.05 Å². The van der Waals surface area contributed by atoms with Gasteiger partial charge in [0.05, 0.1) is 22.7 Å². The van der Waals surface area contributed by atoms with Crippen LogP contribution in [0.15, 0.2) is 30.6 Å². The van der Waals surface area contributed by atoms with Gasteiger partial charge in [0.1, 0.15) is 0 Å². The number of amides is 1. The third kappa shape index (κ3) is 2.79. The number of carbonyl (C=O) groups is 1. The lowest BCUT2D eigenvalue weighted by atomic mass is 10.1. The fourth-order valence-electron chi connectivity index (χ4n) is 2.76. The van der Waals surface area contributed by atoms with E-state index in [1.54, 1.807) is 17.1 Å². The summed E-state index contributed by atoms with van der Waals surface area (Å²) < 4.78 is 1.71. The number of carbonyl (C=O) groups excluding carboxylic acids is 1. The third-order valence-electron chi connectivity index (χ3n) is 3.90. The van der Waals surface area contributed by atoms with Crippen LogP contribution >= 0.6 is 0 Å². The monoisotopic (exact) mass is 309 g/mol. The quantitative estimate of drug-likeness (QED) is 0.806. The van der Waals surface area contributed by atoms with E-state index >= 15 is 0 Å². The SMILES string of the molecule is Cc1cc(C(=O)N[C@@H](C)c2ccncc2)c2c(C)nn(C)c2n1.